The Morgan fingerprint density at radius 3 is 2.30 bits per heavy atom. The van der Waals surface area contributed by atoms with Gasteiger partial charge in [0.2, 0.25) is 0 Å². The van der Waals surface area contributed by atoms with Crippen LogP contribution >= 0.6 is 19.2 Å². The van der Waals surface area contributed by atoms with E-state index in [0.29, 0.717) is 7.93 Å². The van der Waals surface area contributed by atoms with Gasteiger partial charge in [-0.05, 0) is 10.9 Å². The number of halogens is 1. The SMILES string of the molecule is C=Cc1ccc(PCl)cc1. The second kappa shape index (κ2) is 3.75. The Bertz CT molecular complexity index is 215. The summed E-state index contributed by atoms with van der Waals surface area (Å²) < 4.78 is 0. The average Bonchev–Trinajstić information content (AvgIpc) is 2.05. The molecule has 1 unspecified atom stereocenters. The summed E-state index contributed by atoms with van der Waals surface area (Å²) in [7, 11) is 0.366. The Kier molecular flexibility index (Phi) is 2.92. The van der Waals surface area contributed by atoms with Gasteiger partial charge in [-0.2, -0.15) is 0 Å². The topological polar surface area (TPSA) is 0 Å². The van der Waals surface area contributed by atoms with E-state index in [0.717, 1.165) is 5.56 Å². The molecule has 0 saturated heterocycles. The van der Waals surface area contributed by atoms with E-state index < -0.39 is 0 Å². The maximum atomic E-state index is 5.62. The molecule has 1 atom stereocenters. The van der Waals surface area contributed by atoms with Crippen LogP contribution in [0.1, 0.15) is 5.56 Å². The molecule has 0 fully saturated rings. The maximum absolute atomic E-state index is 5.62. The maximum Gasteiger partial charge on any atom is 0.00659 e. The average molecular weight is 171 g/mol. The highest BCUT2D eigenvalue weighted by Gasteiger charge is 1.87. The van der Waals surface area contributed by atoms with Gasteiger partial charge in [0.25, 0.3) is 0 Å². The summed E-state index contributed by atoms with van der Waals surface area (Å²) in [6.45, 7) is 3.66. The van der Waals surface area contributed by atoms with Crippen molar-refractivity contribution in [1.82, 2.24) is 0 Å². The molecule has 1 aromatic carbocycles. The highest BCUT2D eigenvalue weighted by atomic mass is 35.7. The second-order valence-electron chi connectivity index (χ2n) is 1.92. The lowest BCUT2D eigenvalue weighted by Gasteiger charge is -1.94. The van der Waals surface area contributed by atoms with Gasteiger partial charge < -0.3 is 0 Å². The predicted molar refractivity (Wildman–Crippen MR) is 50.3 cm³/mol. The molecule has 1 rings (SSSR count). The fraction of sp³-hybridized carbons (Fsp3) is 0. The summed E-state index contributed by atoms with van der Waals surface area (Å²) >= 11 is 5.62. The zero-order valence-corrected chi connectivity index (χ0v) is 7.23. The van der Waals surface area contributed by atoms with Crippen molar-refractivity contribution in [2.24, 2.45) is 0 Å². The van der Waals surface area contributed by atoms with Crippen molar-refractivity contribution in [1.29, 1.82) is 0 Å². The fourth-order valence-electron chi connectivity index (χ4n) is 0.682. The molecule has 0 aliphatic rings. The summed E-state index contributed by atoms with van der Waals surface area (Å²) in [5, 5.41) is 1.17. The second-order valence-corrected chi connectivity index (χ2v) is 3.25. The third-order valence-corrected chi connectivity index (χ3v) is 2.46. The van der Waals surface area contributed by atoms with Crippen molar-refractivity contribution < 1.29 is 0 Å². The van der Waals surface area contributed by atoms with E-state index in [9.17, 15) is 0 Å². The molecule has 0 amide bonds. The fourth-order valence-corrected chi connectivity index (χ4v) is 1.35. The van der Waals surface area contributed by atoms with E-state index in [-0.39, 0.29) is 0 Å². The lowest BCUT2D eigenvalue weighted by molar-refractivity contribution is 1.71. The van der Waals surface area contributed by atoms with Gasteiger partial charge in [-0.15, -0.1) is 0 Å². The molecule has 0 nitrogen and oxygen atoms in total. The van der Waals surface area contributed by atoms with Gasteiger partial charge in [0.15, 0.2) is 0 Å². The monoisotopic (exact) mass is 170 g/mol. The first-order chi connectivity index (χ1) is 4.86. The van der Waals surface area contributed by atoms with Gasteiger partial charge in [-0.1, -0.05) is 48.2 Å². The minimum Gasteiger partial charge on any atom is -0.0985 e. The van der Waals surface area contributed by atoms with Crippen LogP contribution in [0.25, 0.3) is 6.08 Å². The summed E-state index contributed by atoms with van der Waals surface area (Å²) in [5.74, 6) is 0. The van der Waals surface area contributed by atoms with Crippen LogP contribution in [0.15, 0.2) is 30.8 Å². The predicted octanol–water partition coefficient (Wildman–Crippen LogP) is 2.79. The Hall–Kier alpha value is -0.320. The molecule has 0 spiro atoms. The summed E-state index contributed by atoms with van der Waals surface area (Å²) in [4.78, 5) is 0. The van der Waals surface area contributed by atoms with Crippen LogP contribution in [0.2, 0.25) is 0 Å². The largest absolute Gasteiger partial charge is 0.0985 e. The molecule has 2 heteroatoms. The molecule has 0 aliphatic carbocycles. The van der Waals surface area contributed by atoms with Gasteiger partial charge in [0.1, 0.15) is 0 Å². The first-order valence-electron chi connectivity index (χ1n) is 2.96. The van der Waals surface area contributed by atoms with Crippen molar-refractivity contribution in [2.45, 2.75) is 0 Å². The van der Waals surface area contributed by atoms with Gasteiger partial charge in [-0.3, -0.25) is 0 Å². The quantitative estimate of drug-likeness (QED) is 0.599. The smallest absolute Gasteiger partial charge is 0.00659 e. The lowest BCUT2D eigenvalue weighted by Crippen LogP contribution is -1.88. The third kappa shape index (κ3) is 1.83. The normalized spacial score (nSPS) is 10.5. The Balaban J connectivity index is 2.90. The Labute approximate surface area is 67.5 Å². The minimum atomic E-state index is 0.366. The number of rotatable bonds is 2. The van der Waals surface area contributed by atoms with Crippen LogP contribution in [-0.2, 0) is 0 Å². The molecule has 0 bridgehead atoms. The summed E-state index contributed by atoms with van der Waals surface area (Å²) in [6.07, 6.45) is 1.82. The van der Waals surface area contributed by atoms with E-state index in [4.69, 9.17) is 11.2 Å². The highest BCUT2D eigenvalue weighted by Crippen LogP contribution is 2.15. The first kappa shape index (κ1) is 7.78. The van der Waals surface area contributed by atoms with Crippen molar-refractivity contribution in [3.8, 4) is 0 Å². The van der Waals surface area contributed by atoms with Crippen LogP contribution in [0.4, 0.5) is 0 Å². The molecule has 0 radical (unpaired) electrons. The number of benzene rings is 1. The Morgan fingerprint density at radius 2 is 1.90 bits per heavy atom. The molecular formula is C8H8ClP. The van der Waals surface area contributed by atoms with Crippen molar-refractivity contribution in [3.05, 3.63) is 36.4 Å². The molecule has 10 heavy (non-hydrogen) atoms. The van der Waals surface area contributed by atoms with Crippen molar-refractivity contribution in [3.63, 3.8) is 0 Å². The van der Waals surface area contributed by atoms with E-state index >= 15 is 0 Å². The Morgan fingerprint density at radius 1 is 1.30 bits per heavy atom. The highest BCUT2D eigenvalue weighted by molar-refractivity contribution is 7.74. The standard InChI is InChI=1S/C8H8ClP/c1-2-7-3-5-8(10-9)6-4-7/h2-6,10H,1H2. The van der Waals surface area contributed by atoms with Crippen molar-refractivity contribution >= 4 is 30.6 Å². The number of hydrogen-bond acceptors (Lipinski definition) is 0. The van der Waals surface area contributed by atoms with Gasteiger partial charge in [0, 0.05) is 7.93 Å². The van der Waals surface area contributed by atoms with Crippen molar-refractivity contribution in [2.75, 3.05) is 0 Å². The van der Waals surface area contributed by atoms with Crippen LogP contribution in [0, 0.1) is 0 Å². The van der Waals surface area contributed by atoms with Crippen LogP contribution in [0.3, 0.4) is 0 Å². The van der Waals surface area contributed by atoms with E-state index in [1.807, 2.05) is 30.3 Å². The van der Waals surface area contributed by atoms with E-state index in [2.05, 4.69) is 6.58 Å². The summed E-state index contributed by atoms with van der Waals surface area (Å²) in [5.41, 5.74) is 1.14. The molecule has 0 aliphatic heterocycles. The van der Waals surface area contributed by atoms with Gasteiger partial charge in [0.05, 0.1) is 0 Å². The van der Waals surface area contributed by atoms with Crippen LogP contribution < -0.4 is 5.30 Å². The van der Waals surface area contributed by atoms with E-state index in [1.165, 1.54) is 5.30 Å². The zero-order valence-electron chi connectivity index (χ0n) is 5.47. The first-order valence-corrected chi connectivity index (χ1v) is 4.97. The van der Waals surface area contributed by atoms with Gasteiger partial charge in [-0.25, -0.2) is 0 Å². The lowest BCUT2D eigenvalue weighted by atomic mass is 10.2. The molecular weight excluding hydrogens is 163 g/mol. The molecule has 52 valence electrons. The third-order valence-electron chi connectivity index (χ3n) is 1.26. The van der Waals surface area contributed by atoms with E-state index in [1.54, 1.807) is 0 Å². The minimum absolute atomic E-state index is 0.366. The van der Waals surface area contributed by atoms with Gasteiger partial charge >= 0.3 is 0 Å². The molecule has 0 heterocycles. The summed E-state index contributed by atoms with van der Waals surface area (Å²) in [6, 6.07) is 8.06. The number of hydrogen-bond donors (Lipinski definition) is 0. The molecule has 0 N–H and O–H groups in total. The van der Waals surface area contributed by atoms with Crippen LogP contribution in [-0.4, -0.2) is 0 Å². The molecule has 1 aromatic rings. The molecule has 0 saturated carbocycles. The van der Waals surface area contributed by atoms with Crippen LogP contribution in [0.5, 0.6) is 0 Å². The molecule has 0 aromatic heterocycles. The zero-order chi connectivity index (χ0) is 7.40.